The molecular weight excluding hydrogens is 196 g/mol. The van der Waals surface area contributed by atoms with Crippen LogP contribution >= 0.6 is 0 Å². The van der Waals surface area contributed by atoms with E-state index in [0.717, 1.165) is 11.0 Å². The highest BCUT2D eigenvalue weighted by Crippen LogP contribution is 2.27. The molecule has 0 amide bonds. The minimum atomic E-state index is 0.448. The molecule has 0 atom stereocenters. The molecule has 2 heterocycles. The third-order valence-electron chi connectivity index (χ3n) is 2.82. The van der Waals surface area contributed by atoms with Crippen molar-refractivity contribution >= 4 is 11.0 Å². The molecule has 0 aliphatic heterocycles. The van der Waals surface area contributed by atoms with Gasteiger partial charge < -0.3 is 0 Å². The van der Waals surface area contributed by atoms with Gasteiger partial charge in [0.2, 0.25) is 0 Å². The molecule has 2 rings (SSSR count). The van der Waals surface area contributed by atoms with E-state index in [0.29, 0.717) is 11.8 Å². The Morgan fingerprint density at radius 2 is 1.81 bits per heavy atom. The summed E-state index contributed by atoms with van der Waals surface area (Å²) in [7, 11) is 0. The smallest absolute Gasteiger partial charge is 0.159 e. The molecule has 0 spiro atoms. The van der Waals surface area contributed by atoms with Crippen molar-refractivity contribution in [1.82, 2.24) is 9.97 Å². The third kappa shape index (κ3) is 1.92. The predicted molar refractivity (Wildman–Crippen MR) is 67.7 cm³/mol. The molecule has 2 nitrogen and oxygen atoms in total. The largest absolute Gasteiger partial charge is 0.237 e. The van der Waals surface area contributed by atoms with E-state index < -0.39 is 0 Å². The summed E-state index contributed by atoms with van der Waals surface area (Å²) in [4.78, 5) is 9.00. The van der Waals surface area contributed by atoms with Gasteiger partial charge in [0.05, 0.1) is 0 Å². The van der Waals surface area contributed by atoms with Crippen molar-refractivity contribution < 1.29 is 0 Å². The molecule has 2 heteroatoms. The zero-order valence-electron chi connectivity index (χ0n) is 10.4. The molecule has 2 aromatic rings. The lowest BCUT2D eigenvalue weighted by Gasteiger charge is -2.15. The average Bonchev–Trinajstić information content (AvgIpc) is 2.27. The topological polar surface area (TPSA) is 25.8 Å². The van der Waals surface area contributed by atoms with E-state index in [1.165, 1.54) is 11.3 Å². The first-order valence-electron chi connectivity index (χ1n) is 5.85. The summed E-state index contributed by atoms with van der Waals surface area (Å²) in [5.74, 6) is 0.957. The monoisotopic (exact) mass is 214 g/mol. The molecule has 0 bridgehead atoms. The van der Waals surface area contributed by atoms with Gasteiger partial charge in [0.1, 0.15) is 0 Å². The van der Waals surface area contributed by atoms with Gasteiger partial charge in [-0.25, -0.2) is 9.97 Å². The first kappa shape index (κ1) is 11.1. The van der Waals surface area contributed by atoms with Crippen LogP contribution in [0.4, 0.5) is 0 Å². The zero-order chi connectivity index (χ0) is 11.7. The molecule has 0 aliphatic carbocycles. The number of aromatic nitrogens is 2. The third-order valence-corrected chi connectivity index (χ3v) is 2.82. The van der Waals surface area contributed by atoms with Crippen LogP contribution in [0.2, 0.25) is 0 Å². The summed E-state index contributed by atoms with van der Waals surface area (Å²) in [6.45, 7) is 8.79. The van der Waals surface area contributed by atoms with Crippen molar-refractivity contribution in [3.05, 3.63) is 35.7 Å². The van der Waals surface area contributed by atoms with Crippen molar-refractivity contribution in [1.29, 1.82) is 0 Å². The van der Waals surface area contributed by atoms with Crippen LogP contribution in [0.5, 0.6) is 0 Å². The number of rotatable bonds is 2. The Morgan fingerprint density at radius 1 is 1.06 bits per heavy atom. The van der Waals surface area contributed by atoms with E-state index in [4.69, 9.17) is 0 Å². The molecule has 84 valence electrons. The summed E-state index contributed by atoms with van der Waals surface area (Å²) >= 11 is 0. The van der Waals surface area contributed by atoms with Gasteiger partial charge in [-0.3, -0.25) is 0 Å². The first-order valence-corrected chi connectivity index (χ1v) is 5.85. The Balaban J connectivity index is 2.71. The van der Waals surface area contributed by atoms with E-state index in [9.17, 15) is 0 Å². The van der Waals surface area contributed by atoms with E-state index in [-0.39, 0.29) is 0 Å². The first-order chi connectivity index (χ1) is 7.59. The van der Waals surface area contributed by atoms with Gasteiger partial charge in [0.15, 0.2) is 5.65 Å². The fourth-order valence-corrected chi connectivity index (χ4v) is 1.96. The van der Waals surface area contributed by atoms with E-state index in [1.54, 1.807) is 6.20 Å². The minimum absolute atomic E-state index is 0.448. The van der Waals surface area contributed by atoms with Crippen molar-refractivity contribution in [2.45, 2.75) is 39.5 Å². The summed E-state index contributed by atoms with van der Waals surface area (Å²) in [6.07, 6.45) is 1.80. The van der Waals surface area contributed by atoms with Crippen LogP contribution in [0.25, 0.3) is 11.0 Å². The fourth-order valence-electron chi connectivity index (χ4n) is 1.96. The maximum absolute atomic E-state index is 4.68. The van der Waals surface area contributed by atoms with E-state index in [2.05, 4.69) is 49.8 Å². The van der Waals surface area contributed by atoms with Crippen LogP contribution in [0.15, 0.2) is 24.4 Å². The molecule has 0 radical (unpaired) electrons. The molecule has 0 unspecified atom stereocenters. The van der Waals surface area contributed by atoms with Crippen molar-refractivity contribution in [3.63, 3.8) is 0 Å². The SMILES string of the molecule is CC(C)c1cc2cccnc2nc1C(C)C. The highest BCUT2D eigenvalue weighted by atomic mass is 14.8. The minimum Gasteiger partial charge on any atom is -0.237 e. The number of hydrogen-bond donors (Lipinski definition) is 0. The normalized spacial score (nSPS) is 11.6. The zero-order valence-corrected chi connectivity index (χ0v) is 10.4. The Hall–Kier alpha value is -1.44. The van der Waals surface area contributed by atoms with Crippen molar-refractivity contribution in [3.8, 4) is 0 Å². The maximum atomic E-state index is 4.68. The van der Waals surface area contributed by atoms with Gasteiger partial charge in [-0.05, 0) is 35.6 Å². The van der Waals surface area contributed by atoms with Gasteiger partial charge >= 0.3 is 0 Å². The number of hydrogen-bond acceptors (Lipinski definition) is 2. The Morgan fingerprint density at radius 3 is 2.44 bits per heavy atom. The van der Waals surface area contributed by atoms with Gasteiger partial charge in [0.25, 0.3) is 0 Å². The Labute approximate surface area is 96.7 Å². The molecular formula is C14H18N2. The fraction of sp³-hybridized carbons (Fsp3) is 0.429. The van der Waals surface area contributed by atoms with E-state index >= 15 is 0 Å². The standard InChI is InChI=1S/C14H18N2/c1-9(2)12-8-11-6-5-7-15-14(11)16-13(12)10(3)4/h5-10H,1-4H3. The predicted octanol–water partition coefficient (Wildman–Crippen LogP) is 3.88. The van der Waals surface area contributed by atoms with Crippen LogP contribution < -0.4 is 0 Å². The molecule has 2 aromatic heterocycles. The van der Waals surface area contributed by atoms with Crippen LogP contribution in [0.1, 0.15) is 50.8 Å². The highest BCUT2D eigenvalue weighted by molar-refractivity contribution is 5.75. The van der Waals surface area contributed by atoms with Gasteiger partial charge in [0, 0.05) is 17.3 Å². The molecule has 0 fully saturated rings. The molecule has 0 aliphatic rings. The Bertz CT molecular complexity index is 455. The van der Waals surface area contributed by atoms with Crippen LogP contribution in [-0.2, 0) is 0 Å². The summed E-state index contributed by atoms with van der Waals surface area (Å²) in [5.41, 5.74) is 3.38. The highest BCUT2D eigenvalue weighted by Gasteiger charge is 2.13. The summed E-state index contributed by atoms with van der Waals surface area (Å²) in [5, 5.41) is 1.13. The average molecular weight is 214 g/mol. The molecule has 0 aromatic carbocycles. The quantitative estimate of drug-likeness (QED) is 0.758. The van der Waals surface area contributed by atoms with E-state index in [1.807, 2.05) is 6.07 Å². The number of nitrogens with zero attached hydrogens (tertiary/aromatic N) is 2. The molecule has 0 N–H and O–H groups in total. The maximum Gasteiger partial charge on any atom is 0.159 e. The molecule has 0 saturated heterocycles. The Kier molecular flexibility index (Phi) is 2.90. The van der Waals surface area contributed by atoms with Crippen molar-refractivity contribution in [2.75, 3.05) is 0 Å². The molecule has 16 heavy (non-hydrogen) atoms. The van der Waals surface area contributed by atoms with Crippen LogP contribution in [0, 0.1) is 0 Å². The van der Waals surface area contributed by atoms with Gasteiger partial charge in [-0.1, -0.05) is 27.7 Å². The molecule has 0 saturated carbocycles. The lowest BCUT2D eigenvalue weighted by atomic mass is 9.94. The van der Waals surface area contributed by atoms with Gasteiger partial charge in [-0.2, -0.15) is 0 Å². The number of fused-ring (bicyclic) bond motifs is 1. The summed E-state index contributed by atoms with van der Waals surface area (Å²) in [6, 6.07) is 6.27. The lowest BCUT2D eigenvalue weighted by molar-refractivity contribution is 0.762. The number of pyridine rings is 2. The second kappa shape index (κ2) is 4.20. The second-order valence-electron chi connectivity index (χ2n) is 4.82. The van der Waals surface area contributed by atoms with Gasteiger partial charge in [-0.15, -0.1) is 0 Å². The van der Waals surface area contributed by atoms with Crippen LogP contribution in [-0.4, -0.2) is 9.97 Å². The second-order valence-corrected chi connectivity index (χ2v) is 4.82. The van der Waals surface area contributed by atoms with Crippen LogP contribution in [0.3, 0.4) is 0 Å². The summed E-state index contributed by atoms with van der Waals surface area (Å²) < 4.78 is 0. The lowest BCUT2D eigenvalue weighted by Crippen LogP contribution is -2.03. The van der Waals surface area contributed by atoms with Crippen molar-refractivity contribution in [2.24, 2.45) is 0 Å².